The summed E-state index contributed by atoms with van der Waals surface area (Å²) in [5, 5.41) is 18.8. The second-order valence-electron chi connectivity index (χ2n) is 10.1. The van der Waals surface area contributed by atoms with E-state index < -0.39 is 29.9 Å². The highest BCUT2D eigenvalue weighted by Gasteiger charge is 2.58. The average molecular weight is 474 g/mol. The van der Waals surface area contributed by atoms with E-state index in [2.05, 4.69) is 10.6 Å². The molecule has 0 unspecified atom stereocenters. The van der Waals surface area contributed by atoms with Gasteiger partial charge in [0.2, 0.25) is 11.8 Å². The van der Waals surface area contributed by atoms with Crippen LogP contribution in [0.15, 0.2) is 53.3 Å². The van der Waals surface area contributed by atoms with Crippen LogP contribution in [0.3, 0.4) is 0 Å². The fourth-order valence-electron chi connectivity index (χ4n) is 5.80. The fourth-order valence-corrected chi connectivity index (χ4v) is 5.80. The van der Waals surface area contributed by atoms with E-state index in [1.165, 1.54) is 4.57 Å². The molecule has 0 spiro atoms. The van der Waals surface area contributed by atoms with Crippen molar-refractivity contribution in [3.63, 3.8) is 0 Å². The van der Waals surface area contributed by atoms with Gasteiger partial charge in [-0.15, -0.1) is 0 Å². The summed E-state index contributed by atoms with van der Waals surface area (Å²) in [5.41, 5.74) is -0.169. The number of para-hydroxylation sites is 2. The van der Waals surface area contributed by atoms with Crippen molar-refractivity contribution in [2.24, 2.45) is 5.92 Å². The van der Waals surface area contributed by atoms with Gasteiger partial charge < -0.3 is 10.4 Å². The molecule has 3 aliphatic heterocycles. The van der Waals surface area contributed by atoms with Crippen LogP contribution in [0, 0.1) is 5.92 Å². The van der Waals surface area contributed by atoms with Crippen LogP contribution in [0.2, 0.25) is 0 Å². The normalized spacial score (nSPS) is 29.3. The number of benzene rings is 2. The minimum absolute atomic E-state index is 0.0000307. The summed E-state index contributed by atoms with van der Waals surface area (Å²) in [6, 6.07) is 12.3. The van der Waals surface area contributed by atoms with Gasteiger partial charge in [-0.2, -0.15) is 0 Å². The van der Waals surface area contributed by atoms with Crippen LogP contribution in [0.4, 0.5) is 5.69 Å². The van der Waals surface area contributed by atoms with Crippen molar-refractivity contribution in [2.75, 3.05) is 4.90 Å². The lowest BCUT2D eigenvalue weighted by molar-refractivity contribution is -0.130. The van der Waals surface area contributed by atoms with E-state index in [4.69, 9.17) is 4.98 Å². The third-order valence-corrected chi connectivity index (χ3v) is 7.55. The van der Waals surface area contributed by atoms with Gasteiger partial charge in [-0.05, 0) is 31.0 Å². The van der Waals surface area contributed by atoms with Gasteiger partial charge in [0.15, 0.2) is 0 Å². The van der Waals surface area contributed by atoms with E-state index in [1.54, 1.807) is 48.2 Å². The average Bonchev–Trinajstić information content (AvgIpc) is 3.27. The first-order valence-corrected chi connectivity index (χ1v) is 11.9. The number of nitrogens with zero attached hydrogens (tertiary/aromatic N) is 3. The number of nitrogens with one attached hydrogen (secondary N) is 2. The summed E-state index contributed by atoms with van der Waals surface area (Å²) in [4.78, 5) is 46.5. The van der Waals surface area contributed by atoms with Crippen LogP contribution in [0.1, 0.15) is 50.7 Å². The van der Waals surface area contributed by atoms with E-state index in [9.17, 15) is 19.5 Å². The highest BCUT2D eigenvalue weighted by Crippen LogP contribution is 2.49. The molecule has 0 saturated carbocycles. The standard InChI is InChI=1S/C26H27N5O4/c1-13(2)20-21-28-17-10-6-4-8-15(17)24(34)30(21)19(22(32)29-20)12-26(35)16-9-5-7-11-18(16)31-23(33)14(3)27-25(26)31/h4-11,13-14,19-20,25,27,35H,12H2,1-3H3,(H,29,32)/t14-,19-,20-,25-,26+/m1/s1. The summed E-state index contributed by atoms with van der Waals surface area (Å²) in [6.45, 7) is 5.68. The van der Waals surface area contributed by atoms with Gasteiger partial charge in [-0.1, -0.05) is 44.2 Å². The molecule has 3 aliphatic rings. The number of aliphatic hydroxyl groups is 1. The number of carbonyl (C=O) groups is 2. The van der Waals surface area contributed by atoms with Crippen molar-refractivity contribution >= 4 is 28.4 Å². The van der Waals surface area contributed by atoms with E-state index in [0.717, 1.165) is 0 Å². The summed E-state index contributed by atoms with van der Waals surface area (Å²) >= 11 is 0. The predicted molar refractivity (Wildman–Crippen MR) is 130 cm³/mol. The molecule has 6 rings (SSSR count). The predicted octanol–water partition coefficient (Wildman–Crippen LogP) is 1.71. The Hall–Kier alpha value is -3.56. The van der Waals surface area contributed by atoms with Crippen molar-refractivity contribution in [3.05, 3.63) is 70.3 Å². The molecule has 3 N–H and O–H groups in total. The number of hydrogen-bond donors (Lipinski definition) is 3. The Balaban J connectivity index is 1.53. The maximum absolute atomic E-state index is 13.7. The van der Waals surface area contributed by atoms with Crippen LogP contribution in [0.25, 0.3) is 10.9 Å². The Morgan fingerprint density at radius 2 is 1.80 bits per heavy atom. The summed E-state index contributed by atoms with van der Waals surface area (Å²) in [5.74, 6) is -0.0162. The van der Waals surface area contributed by atoms with Crippen LogP contribution >= 0.6 is 0 Å². The van der Waals surface area contributed by atoms with E-state index in [1.807, 2.05) is 26.0 Å². The first kappa shape index (κ1) is 21.9. The number of aromatic nitrogens is 2. The Morgan fingerprint density at radius 1 is 1.09 bits per heavy atom. The maximum Gasteiger partial charge on any atom is 0.262 e. The molecule has 5 atom stereocenters. The molecular formula is C26H27N5O4. The smallest absolute Gasteiger partial charge is 0.262 e. The topological polar surface area (TPSA) is 117 Å². The molecule has 1 fully saturated rings. The van der Waals surface area contributed by atoms with Crippen LogP contribution in [-0.4, -0.2) is 38.7 Å². The molecule has 35 heavy (non-hydrogen) atoms. The number of rotatable bonds is 3. The van der Waals surface area contributed by atoms with E-state index >= 15 is 0 Å². The van der Waals surface area contributed by atoms with Crippen LogP contribution < -0.4 is 21.1 Å². The lowest BCUT2D eigenvalue weighted by Crippen LogP contribution is -2.54. The Kier molecular flexibility index (Phi) is 4.68. The molecule has 2 aromatic carbocycles. The van der Waals surface area contributed by atoms with Gasteiger partial charge >= 0.3 is 0 Å². The lowest BCUT2D eigenvalue weighted by atomic mass is 9.85. The first-order valence-electron chi connectivity index (χ1n) is 11.9. The molecule has 180 valence electrons. The quantitative estimate of drug-likeness (QED) is 0.533. The Bertz CT molecular complexity index is 1450. The molecule has 4 heterocycles. The van der Waals surface area contributed by atoms with Crippen LogP contribution in [0.5, 0.6) is 0 Å². The number of carbonyl (C=O) groups excluding carboxylic acids is 2. The molecule has 0 bridgehead atoms. The Labute approximate surface area is 201 Å². The summed E-state index contributed by atoms with van der Waals surface area (Å²) < 4.78 is 1.45. The van der Waals surface area contributed by atoms with Crippen molar-refractivity contribution in [1.82, 2.24) is 20.2 Å². The molecule has 9 nitrogen and oxygen atoms in total. The first-order chi connectivity index (χ1) is 16.7. The van der Waals surface area contributed by atoms with Gasteiger partial charge in [0.1, 0.15) is 23.6 Å². The highest BCUT2D eigenvalue weighted by molar-refractivity contribution is 6.02. The molecular weight excluding hydrogens is 446 g/mol. The molecule has 1 saturated heterocycles. The maximum atomic E-state index is 13.7. The van der Waals surface area contributed by atoms with Crippen molar-refractivity contribution < 1.29 is 14.7 Å². The van der Waals surface area contributed by atoms with Crippen molar-refractivity contribution in [3.8, 4) is 0 Å². The second-order valence-corrected chi connectivity index (χ2v) is 10.1. The fraction of sp³-hybridized carbons (Fsp3) is 0.385. The van der Waals surface area contributed by atoms with Crippen LogP contribution in [-0.2, 0) is 15.2 Å². The van der Waals surface area contributed by atoms with Gasteiger partial charge in [-0.3, -0.25) is 29.2 Å². The Morgan fingerprint density at radius 3 is 2.57 bits per heavy atom. The van der Waals surface area contributed by atoms with Crippen molar-refractivity contribution in [1.29, 1.82) is 0 Å². The van der Waals surface area contributed by atoms with E-state index in [-0.39, 0.29) is 29.7 Å². The minimum atomic E-state index is -1.59. The van der Waals surface area contributed by atoms with Gasteiger partial charge in [-0.25, -0.2) is 4.98 Å². The number of hydrogen-bond acceptors (Lipinski definition) is 6. The largest absolute Gasteiger partial charge is 0.381 e. The number of fused-ring (bicyclic) bond motifs is 5. The third kappa shape index (κ3) is 2.94. The molecule has 2 amide bonds. The zero-order valence-corrected chi connectivity index (χ0v) is 19.7. The molecule has 0 radical (unpaired) electrons. The molecule has 1 aromatic heterocycles. The third-order valence-electron chi connectivity index (χ3n) is 7.55. The SMILES string of the molecule is CC(C)[C@H]1NC(=O)[C@@H](C[C@]2(O)c3ccccc3N3C(=O)[C@@H](C)N[C@H]32)n2c1nc1ccccc1c2=O. The van der Waals surface area contributed by atoms with Crippen molar-refractivity contribution in [2.45, 2.75) is 57.1 Å². The summed E-state index contributed by atoms with van der Waals surface area (Å²) in [6.07, 6.45) is -0.840. The zero-order chi connectivity index (χ0) is 24.6. The monoisotopic (exact) mass is 473 g/mol. The highest BCUT2D eigenvalue weighted by atomic mass is 16.3. The minimum Gasteiger partial charge on any atom is -0.381 e. The molecule has 9 heteroatoms. The molecule has 0 aliphatic carbocycles. The van der Waals surface area contributed by atoms with E-state index in [0.29, 0.717) is 28.0 Å². The number of amides is 2. The van der Waals surface area contributed by atoms with Gasteiger partial charge in [0.05, 0.1) is 28.7 Å². The van der Waals surface area contributed by atoms with Gasteiger partial charge in [0.25, 0.3) is 5.56 Å². The lowest BCUT2D eigenvalue weighted by Gasteiger charge is -2.39. The summed E-state index contributed by atoms with van der Waals surface area (Å²) in [7, 11) is 0. The second kappa shape index (κ2) is 7.47. The van der Waals surface area contributed by atoms with Gasteiger partial charge in [0, 0.05) is 12.0 Å². The zero-order valence-electron chi connectivity index (χ0n) is 19.7. The number of anilines is 1. The molecule has 3 aromatic rings.